The minimum absolute atomic E-state index is 0.0108. The smallest absolute Gasteiger partial charge is 0.328 e. The third kappa shape index (κ3) is 4.82. The Morgan fingerprint density at radius 3 is 2.66 bits per heavy atom. The fraction of sp³-hybridized carbons (Fsp3) is 0.292. The molecule has 0 atom stereocenters. The van der Waals surface area contributed by atoms with Gasteiger partial charge in [0.05, 0.1) is 28.7 Å². The Balaban J connectivity index is 1.37. The highest BCUT2D eigenvalue weighted by atomic mass is 35.5. The Labute approximate surface area is 207 Å². The summed E-state index contributed by atoms with van der Waals surface area (Å²) in [5, 5.41) is 4.67. The summed E-state index contributed by atoms with van der Waals surface area (Å²) < 4.78 is 41.9. The molecule has 2 fully saturated rings. The van der Waals surface area contributed by atoms with Gasteiger partial charge in [-0.05, 0) is 72.0 Å². The maximum absolute atomic E-state index is 13.5. The number of thioether (sulfide) groups is 1. The number of hydrogen-bond donors (Lipinski definition) is 1. The van der Waals surface area contributed by atoms with Crippen LogP contribution in [-0.2, 0) is 17.5 Å². The molecule has 1 aliphatic heterocycles. The zero-order valence-corrected chi connectivity index (χ0v) is 19.8. The Morgan fingerprint density at radius 1 is 1.17 bits per heavy atom. The van der Waals surface area contributed by atoms with Crippen molar-refractivity contribution in [3.8, 4) is 0 Å². The number of aromatic nitrogens is 2. The van der Waals surface area contributed by atoms with Crippen LogP contribution in [0.25, 0.3) is 17.0 Å². The van der Waals surface area contributed by atoms with Crippen molar-refractivity contribution in [2.45, 2.75) is 31.6 Å². The van der Waals surface area contributed by atoms with Crippen LogP contribution < -0.4 is 5.73 Å². The number of benzene rings is 2. The van der Waals surface area contributed by atoms with Crippen molar-refractivity contribution in [3.05, 3.63) is 69.2 Å². The molecule has 6 nitrogen and oxygen atoms in total. The van der Waals surface area contributed by atoms with Gasteiger partial charge in [-0.3, -0.25) is 19.2 Å². The summed E-state index contributed by atoms with van der Waals surface area (Å²) >= 11 is 6.67. The second-order valence-corrected chi connectivity index (χ2v) is 10.2. The number of amides is 2. The number of hydrogen-bond acceptors (Lipinski definition) is 5. The number of fused-ring (bicyclic) bond motifs is 1. The van der Waals surface area contributed by atoms with Gasteiger partial charge >= 0.3 is 6.18 Å². The number of halogens is 4. The molecule has 0 bridgehead atoms. The van der Waals surface area contributed by atoms with Crippen molar-refractivity contribution in [1.82, 2.24) is 14.7 Å². The molecule has 182 valence electrons. The predicted octanol–water partition coefficient (Wildman–Crippen LogP) is 5.53. The lowest BCUT2D eigenvalue weighted by Gasteiger charge is -2.34. The Morgan fingerprint density at radius 2 is 1.94 bits per heavy atom. The number of nitrogens with two attached hydrogens (primary N) is 1. The van der Waals surface area contributed by atoms with Crippen molar-refractivity contribution in [2.24, 2.45) is 11.7 Å². The molecule has 2 heterocycles. The lowest BCUT2D eigenvalue weighted by molar-refractivity contribution is -0.138. The van der Waals surface area contributed by atoms with Gasteiger partial charge in [0.2, 0.25) is 0 Å². The topological polar surface area (TPSA) is 81.2 Å². The molecule has 1 saturated carbocycles. The van der Waals surface area contributed by atoms with Crippen molar-refractivity contribution in [3.63, 3.8) is 0 Å². The highest BCUT2D eigenvalue weighted by Crippen LogP contribution is 2.37. The normalized spacial score (nSPS) is 21.9. The van der Waals surface area contributed by atoms with Crippen LogP contribution in [0.3, 0.4) is 0 Å². The number of carbonyl (C=O) groups excluding carboxylic acids is 2. The van der Waals surface area contributed by atoms with Crippen LogP contribution in [0.4, 0.5) is 18.0 Å². The first kappa shape index (κ1) is 23.9. The molecule has 2 amide bonds. The van der Waals surface area contributed by atoms with E-state index in [0.717, 1.165) is 30.7 Å². The van der Waals surface area contributed by atoms with Crippen LogP contribution in [-0.4, -0.2) is 38.4 Å². The van der Waals surface area contributed by atoms with Gasteiger partial charge in [-0.25, -0.2) is 0 Å². The molecule has 11 heteroatoms. The average Bonchev–Trinajstić information content (AvgIpc) is 3.28. The largest absolute Gasteiger partial charge is 0.416 e. The van der Waals surface area contributed by atoms with Gasteiger partial charge in [0, 0.05) is 23.0 Å². The number of nitrogens with zero attached hydrogens (tertiary/aromatic N) is 3. The van der Waals surface area contributed by atoms with E-state index in [4.69, 9.17) is 17.3 Å². The van der Waals surface area contributed by atoms with Crippen LogP contribution in [0.1, 0.15) is 29.5 Å². The van der Waals surface area contributed by atoms with Gasteiger partial charge in [-0.2, -0.15) is 18.3 Å². The number of imide groups is 1. The molecule has 1 aromatic heterocycles. The molecule has 35 heavy (non-hydrogen) atoms. The summed E-state index contributed by atoms with van der Waals surface area (Å²) in [6, 6.07) is 9.08. The van der Waals surface area contributed by atoms with Gasteiger partial charge in [0.15, 0.2) is 0 Å². The van der Waals surface area contributed by atoms with E-state index in [1.165, 1.54) is 21.7 Å². The van der Waals surface area contributed by atoms with Crippen molar-refractivity contribution in [1.29, 1.82) is 0 Å². The van der Waals surface area contributed by atoms with E-state index in [1.54, 1.807) is 30.5 Å². The summed E-state index contributed by atoms with van der Waals surface area (Å²) in [5.74, 6) is -0.0720. The van der Waals surface area contributed by atoms with Gasteiger partial charge in [-0.1, -0.05) is 23.7 Å². The molecule has 1 aliphatic carbocycles. The monoisotopic (exact) mass is 520 g/mol. The van der Waals surface area contributed by atoms with Crippen molar-refractivity contribution < 1.29 is 22.8 Å². The zero-order valence-electron chi connectivity index (χ0n) is 18.3. The molecule has 0 unspecified atom stereocenters. The molecule has 3 aromatic rings. The number of rotatable bonds is 5. The number of carbonyl (C=O) groups is 2. The molecule has 2 aromatic carbocycles. The average molecular weight is 521 g/mol. The molecule has 0 radical (unpaired) electrons. The van der Waals surface area contributed by atoms with E-state index in [9.17, 15) is 22.8 Å². The minimum atomic E-state index is -4.54. The standard InChI is InChI=1S/C24H20ClF3N4O2S/c25-17-3-2-15(19(9-17)24(26,27)28)12-32-20-4-1-13(5-16(20)10-30-32)8-21-22(33)31(23(34)35-21)11-14-6-18(29)7-14/h1-5,8-10,14,18H,6-7,11-12,29H2/t14-,18-. The Bertz CT molecular complexity index is 1360. The van der Waals surface area contributed by atoms with E-state index in [0.29, 0.717) is 27.9 Å². The summed E-state index contributed by atoms with van der Waals surface area (Å²) in [4.78, 5) is 26.7. The van der Waals surface area contributed by atoms with E-state index < -0.39 is 11.7 Å². The van der Waals surface area contributed by atoms with Crippen LogP contribution in [0.2, 0.25) is 5.02 Å². The molecular weight excluding hydrogens is 501 g/mol. The Kier molecular flexibility index (Phi) is 6.14. The Hall–Kier alpha value is -2.82. The predicted molar refractivity (Wildman–Crippen MR) is 129 cm³/mol. The quantitative estimate of drug-likeness (QED) is 0.447. The van der Waals surface area contributed by atoms with Gasteiger partial charge in [0.25, 0.3) is 11.1 Å². The second-order valence-electron chi connectivity index (χ2n) is 8.81. The van der Waals surface area contributed by atoms with Gasteiger partial charge in [0.1, 0.15) is 0 Å². The maximum Gasteiger partial charge on any atom is 0.416 e. The molecule has 0 spiro atoms. The van der Waals surface area contributed by atoms with Crippen LogP contribution in [0.15, 0.2) is 47.5 Å². The molecule has 5 rings (SSSR count). The van der Waals surface area contributed by atoms with E-state index in [-0.39, 0.29) is 40.2 Å². The van der Waals surface area contributed by atoms with Gasteiger partial charge < -0.3 is 5.73 Å². The number of alkyl halides is 3. The first-order chi connectivity index (χ1) is 16.6. The maximum atomic E-state index is 13.5. The van der Waals surface area contributed by atoms with Crippen molar-refractivity contribution in [2.75, 3.05) is 6.54 Å². The summed E-state index contributed by atoms with van der Waals surface area (Å²) in [6.07, 6.45) is 0.282. The van der Waals surface area contributed by atoms with Crippen LogP contribution in [0, 0.1) is 5.92 Å². The first-order valence-corrected chi connectivity index (χ1v) is 12.1. The minimum Gasteiger partial charge on any atom is -0.328 e. The molecule has 1 saturated heterocycles. The zero-order chi connectivity index (χ0) is 24.9. The van der Waals surface area contributed by atoms with E-state index in [2.05, 4.69) is 5.10 Å². The van der Waals surface area contributed by atoms with Crippen molar-refractivity contribution >= 4 is 51.5 Å². The lowest BCUT2D eigenvalue weighted by Crippen LogP contribution is -2.44. The third-order valence-electron chi connectivity index (χ3n) is 6.25. The fourth-order valence-corrected chi connectivity index (χ4v) is 5.46. The first-order valence-electron chi connectivity index (χ1n) is 10.9. The highest BCUT2D eigenvalue weighted by Gasteiger charge is 2.39. The highest BCUT2D eigenvalue weighted by molar-refractivity contribution is 8.18. The fourth-order valence-electron chi connectivity index (χ4n) is 4.44. The second kappa shape index (κ2) is 9.00. The molecular formula is C24H20ClF3N4O2S. The summed E-state index contributed by atoms with van der Waals surface area (Å²) in [5.41, 5.74) is 6.38. The summed E-state index contributed by atoms with van der Waals surface area (Å²) in [7, 11) is 0. The SMILES string of the molecule is N[C@H]1C[C@H](CN2C(=O)SC(=Cc3ccc4c(cnn4Cc4ccc(Cl)cc4C(F)(F)F)c3)C2=O)C1. The lowest BCUT2D eigenvalue weighted by atomic mass is 9.80. The van der Waals surface area contributed by atoms with E-state index >= 15 is 0 Å². The molecule has 2 aliphatic rings. The van der Waals surface area contributed by atoms with Crippen LogP contribution in [0.5, 0.6) is 0 Å². The van der Waals surface area contributed by atoms with Crippen LogP contribution >= 0.6 is 23.4 Å². The van der Waals surface area contributed by atoms with Gasteiger partial charge in [-0.15, -0.1) is 0 Å². The van der Waals surface area contributed by atoms with E-state index in [1.807, 2.05) is 0 Å². The summed E-state index contributed by atoms with van der Waals surface area (Å²) in [6.45, 7) is 0.296. The third-order valence-corrected chi connectivity index (χ3v) is 7.39. The molecule has 2 N–H and O–H groups in total.